The van der Waals surface area contributed by atoms with E-state index in [9.17, 15) is 4.79 Å². The maximum atomic E-state index is 12.6. The molecule has 0 aliphatic carbocycles. The van der Waals surface area contributed by atoms with Gasteiger partial charge >= 0.3 is 0 Å². The number of fused-ring (bicyclic) bond motifs is 1. The lowest BCUT2D eigenvalue weighted by Crippen LogP contribution is -2.25. The molecule has 0 saturated heterocycles. The van der Waals surface area contributed by atoms with Crippen LogP contribution in [-0.2, 0) is 13.0 Å². The van der Waals surface area contributed by atoms with Crippen molar-refractivity contribution in [2.24, 2.45) is 0 Å². The van der Waals surface area contributed by atoms with Crippen molar-refractivity contribution in [3.63, 3.8) is 0 Å². The van der Waals surface area contributed by atoms with E-state index in [1.54, 1.807) is 25.3 Å². The normalized spacial score (nSPS) is 12.8. The second-order valence-corrected chi connectivity index (χ2v) is 5.21. The standard InChI is InChI=1S/C16H20N4O3.ClH/c1-3-23-14-5-4-10(22-2)8-13(14)18-16(21)15-11-9-17-7-6-12(11)19-20-15;/h4-5,8,17H,3,6-7,9H2,1-2H3,(H,18,21)(H,19,20);1H. The molecule has 1 aromatic heterocycles. The highest BCUT2D eigenvalue weighted by atomic mass is 35.5. The van der Waals surface area contributed by atoms with Crippen molar-refractivity contribution < 1.29 is 14.3 Å². The van der Waals surface area contributed by atoms with Gasteiger partial charge in [0.2, 0.25) is 0 Å². The Hall–Kier alpha value is -2.25. The number of aromatic nitrogens is 2. The van der Waals surface area contributed by atoms with Crippen molar-refractivity contribution in [2.75, 3.05) is 25.6 Å². The van der Waals surface area contributed by atoms with Gasteiger partial charge in [-0.1, -0.05) is 0 Å². The molecule has 8 heteroatoms. The first-order valence-corrected chi connectivity index (χ1v) is 7.62. The Balaban J connectivity index is 0.00000208. The number of hydrogen-bond acceptors (Lipinski definition) is 5. The Morgan fingerprint density at radius 2 is 2.25 bits per heavy atom. The van der Waals surface area contributed by atoms with E-state index in [-0.39, 0.29) is 18.3 Å². The molecule has 1 aromatic carbocycles. The van der Waals surface area contributed by atoms with E-state index < -0.39 is 0 Å². The Morgan fingerprint density at radius 1 is 1.42 bits per heavy atom. The molecule has 0 bridgehead atoms. The molecule has 1 aliphatic heterocycles. The summed E-state index contributed by atoms with van der Waals surface area (Å²) in [6, 6.07) is 5.31. The molecule has 0 spiro atoms. The quantitative estimate of drug-likeness (QED) is 0.767. The molecule has 0 fully saturated rings. The van der Waals surface area contributed by atoms with Crippen molar-refractivity contribution in [1.29, 1.82) is 0 Å². The first-order chi connectivity index (χ1) is 11.2. The number of benzene rings is 1. The molecule has 2 heterocycles. The second kappa shape index (κ2) is 8.03. The van der Waals surface area contributed by atoms with Gasteiger partial charge in [-0.3, -0.25) is 9.89 Å². The van der Waals surface area contributed by atoms with Crippen LogP contribution >= 0.6 is 12.4 Å². The van der Waals surface area contributed by atoms with E-state index in [1.165, 1.54) is 0 Å². The first-order valence-electron chi connectivity index (χ1n) is 7.62. The fourth-order valence-electron chi connectivity index (χ4n) is 2.61. The molecule has 7 nitrogen and oxygen atoms in total. The van der Waals surface area contributed by atoms with Gasteiger partial charge in [0.05, 0.1) is 19.4 Å². The number of H-pyrrole nitrogens is 1. The number of anilines is 1. The second-order valence-electron chi connectivity index (χ2n) is 5.21. The fraction of sp³-hybridized carbons (Fsp3) is 0.375. The summed E-state index contributed by atoms with van der Waals surface area (Å²) in [5, 5.41) is 13.2. The number of methoxy groups -OCH3 is 1. The monoisotopic (exact) mass is 352 g/mol. The number of aromatic amines is 1. The summed E-state index contributed by atoms with van der Waals surface area (Å²) in [7, 11) is 1.58. The summed E-state index contributed by atoms with van der Waals surface area (Å²) in [5.41, 5.74) is 2.92. The van der Waals surface area contributed by atoms with Crippen LogP contribution in [0.3, 0.4) is 0 Å². The van der Waals surface area contributed by atoms with Gasteiger partial charge in [0, 0.05) is 36.8 Å². The molecule has 130 valence electrons. The summed E-state index contributed by atoms with van der Waals surface area (Å²) < 4.78 is 10.8. The molecule has 1 aliphatic rings. The van der Waals surface area contributed by atoms with Crippen LogP contribution in [-0.4, -0.2) is 36.4 Å². The van der Waals surface area contributed by atoms with Gasteiger partial charge in [-0.15, -0.1) is 12.4 Å². The van der Waals surface area contributed by atoms with Gasteiger partial charge in [0.25, 0.3) is 5.91 Å². The number of hydrogen-bond donors (Lipinski definition) is 3. The number of rotatable bonds is 5. The minimum atomic E-state index is -0.264. The summed E-state index contributed by atoms with van der Waals surface area (Å²) in [5.74, 6) is 0.985. The fourth-order valence-corrected chi connectivity index (χ4v) is 2.61. The predicted molar refractivity (Wildman–Crippen MR) is 93.4 cm³/mol. The molecule has 2 aromatic rings. The topological polar surface area (TPSA) is 88.3 Å². The number of nitrogens with zero attached hydrogens (tertiary/aromatic N) is 1. The van der Waals surface area contributed by atoms with Crippen molar-refractivity contribution in [3.05, 3.63) is 35.2 Å². The van der Waals surface area contributed by atoms with Gasteiger partial charge < -0.3 is 20.1 Å². The number of amides is 1. The summed E-state index contributed by atoms with van der Waals surface area (Å²) in [6.07, 6.45) is 0.846. The molecular weight excluding hydrogens is 332 g/mol. The zero-order valence-electron chi connectivity index (χ0n) is 13.6. The number of ether oxygens (including phenoxy) is 2. The van der Waals surface area contributed by atoms with Crippen molar-refractivity contribution >= 4 is 24.0 Å². The molecule has 0 atom stereocenters. The van der Waals surface area contributed by atoms with Crippen LogP contribution in [0.15, 0.2) is 18.2 Å². The van der Waals surface area contributed by atoms with E-state index >= 15 is 0 Å². The molecule has 0 radical (unpaired) electrons. The highest BCUT2D eigenvalue weighted by molar-refractivity contribution is 6.05. The Morgan fingerprint density at radius 3 is 3.00 bits per heavy atom. The maximum Gasteiger partial charge on any atom is 0.276 e. The molecule has 0 unspecified atom stereocenters. The zero-order chi connectivity index (χ0) is 16.2. The first kappa shape index (κ1) is 18.1. The van der Waals surface area contributed by atoms with Crippen LogP contribution in [0.5, 0.6) is 11.5 Å². The highest BCUT2D eigenvalue weighted by Crippen LogP contribution is 2.30. The highest BCUT2D eigenvalue weighted by Gasteiger charge is 2.22. The van der Waals surface area contributed by atoms with Crippen LogP contribution in [0, 0.1) is 0 Å². The molecular formula is C16H21ClN4O3. The van der Waals surface area contributed by atoms with E-state index in [0.717, 1.165) is 24.2 Å². The van der Waals surface area contributed by atoms with Crippen molar-refractivity contribution in [3.8, 4) is 11.5 Å². The van der Waals surface area contributed by atoms with E-state index in [1.807, 2.05) is 6.92 Å². The lowest BCUT2D eigenvalue weighted by Gasteiger charge is -2.14. The lowest BCUT2D eigenvalue weighted by atomic mass is 10.1. The summed E-state index contributed by atoms with van der Waals surface area (Å²) in [4.78, 5) is 12.6. The average molecular weight is 353 g/mol. The lowest BCUT2D eigenvalue weighted by molar-refractivity contribution is 0.102. The predicted octanol–water partition coefficient (Wildman–Crippen LogP) is 2.14. The number of carbonyl (C=O) groups excluding carboxylic acids is 1. The maximum absolute atomic E-state index is 12.6. The number of carbonyl (C=O) groups is 1. The van der Waals surface area contributed by atoms with Crippen LogP contribution < -0.4 is 20.1 Å². The van der Waals surface area contributed by atoms with Crippen molar-refractivity contribution in [1.82, 2.24) is 15.5 Å². The Labute approximate surface area is 146 Å². The minimum Gasteiger partial charge on any atom is -0.497 e. The molecule has 0 saturated carbocycles. The molecule has 1 amide bonds. The van der Waals surface area contributed by atoms with Gasteiger partial charge in [0.1, 0.15) is 11.5 Å². The third-order valence-corrected chi connectivity index (χ3v) is 3.76. The van der Waals surface area contributed by atoms with Gasteiger partial charge in [0.15, 0.2) is 5.69 Å². The van der Waals surface area contributed by atoms with Gasteiger partial charge in [-0.2, -0.15) is 5.10 Å². The van der Waals surface area contributed by atoms with E-state index in [0.29, 0.717) is 36.0 Å². The Bertz CT molecular complexity index is 717. The van der Waals surface area contributed by atoms with E-state index in [2.05, 4.69) is 20.8 Å². The van der Waals surface area contributed by atoms with Gasteiger partial charge in [-0.05, 0) is 19.1 Å². The van der Waals surface area contributed by atoms with Crippen LogP contribution in [0.25, 0.3) is 0 Å². The minimum absolute atomic E-state index is 0. The van der Waals surface area contributed by atoms with E-state index in [4.69, 9.17) is 9.47 Å². The smallest absolute Gasteiger partial charge is 0.276 e. The molecule has 3 rings (SSSR count). The van der Waals surface area contributed by atoms with Crippen LogP contribution in [0.2, 0.25) is 0 Å². The zero-order valence-corrected chi connectivity index (χ0v) is 14.5. The molecule has 24 heavy (non-hydrogen) atoms. The van der Waals surface area contributed by atoms with Crippen molar-refractivity contribution in [2.45, 2.75) is 19.9 Å². The Kier molecular flexibility index (Phi) is 6.05. The average Bonchev–Trinajstić information content (AvgIpc) is 3.00. The third kappa shape index (κ3) is 3.63. The molecule has 3 N–H and O–H groups in total. The summed E-state index contributed by atoms with van der Waals surface area (Å²) in [6.45, 7) is 3.94. The SMILES string of the molecule is CCOc1ccc(OC)cc1NC(=O)c1n[nH]c2c1CNCC2.Cl. The van der Waals surface area contributed by atoms with Crippen LogP contribution in [0.4, 0.5) is 5.69 Å². The number of halogens is 1. The van der Waals surface area contributed by atoms with Crippen LogP contribution in [0.1, 0.15) is 28.7 Å². The van der Waals surface area contributed by atoms with Gasteiger partial charge in [-0.25, -0.2) is 0 Å². The third-order valence-electron chi connectivity index (χ3n) is 3.76. The number of nitrogens with one attached hydrogen (secondary N) is 3. The largest absolute Gasteiger partial charge is 0.497 e. The summed E-state index contributed by atoms with van der Waals surface area (Å²) >= 11 is 0.